The van der Waals surface area contributed by atoms with Gasteiger partial charge in [0.15, 0.2) is 0 Å². The molecule has 1 saturated carbocycles. The molecule has 4 nitrogen and oxygen atoms in total. The number of aromatic nitrogens is 1. The number of carboxylic acids is 1. The minimum atomic E-state index is -0.928. The standard InChI is InChI=1S/C13H18N2O2/c1-8-10(12(16)17)6-7-11(14-8)15-13(2,3)9-4-5-9/h6-7,9H,4-5H2,1-3H3,(H,14,15)(H,16,17). The van der Waals surface area contributed by atoms with Gasteiger partial charge in [-0.05, 0) is 51.7 Å². The molecule has 0 saturated heterocycles. The lowest BCUT2D eigenvalue weighted by Crippen LogP contribution is -2.33. The number of rotatable bonds is 4. The highest BCUT2D eigenvalue weighted by atomic mass is 16.4. The zero-order chi connectivity index (χ0) is 12.6. The third-order valence-corrected chi connectivity index (χ3v) is 3.36. The first kappa shape index (κ1) is 11.9. The molecule has 0 bridgehead atoms. The van der Waals surface area contributed by atoms with Gasteiger partial charge in [0.1, 0.15) is 5.82 Å². The lowest BCUT2D eigenvalue weighted by Gasteiger charge is -2.27. The number of hydrogen-bond acceptors (Lipinski definition) is 3. The summed E-state index contributed by atoms with van der Waals surface area (Å²) in [5.41, 5.74) is 0.846. The molecule has 0 aromatic carbocycles. The van der Waals surface area contributed by atoms with Crippen molar-refractivity contribution in [3.8, 4) is 0 Å². The number of nitrogens with zero attached hydrogens (tertiary/aromatic N) is 1. The van der Waals surface area contributed by atoms with Gasteiger partial charge in [0.2, 0.25) is 0 Å². The predicted molar refractivity (Wildman–Crippen MR) is 66.4 cm³/mol. The van der Waals surface area contributed by atoms with Crippen molar-refractivity contribution in [2.75, 3.05) is 5.32 Å². The SMILES string of the molecule is Cc1nc(NC(C)(C)C2CC2)ccc1C(=O)O. The van der Waals surface area contributed by atoms with Gasteiger partial charge in [0.25, 0.3) is 0 Å². The summed E-state index contributed by atoms with van der Waals surface area (Å²) in [5.74, 6) is 0.524. The number of hydrogen-bond donors (Lipinski definition) is 2. The molecule has 0 amide bonds. The van der Waals surface area contributed by atoms with Crippen LogP contribution in [0.3, 0.4) is 0 Å². The molecule has 1 aromatic heterocycles. The van der Waals surface area contributed by atoms with Crippen molar-refractivity contribution < 1.29 is 9.90 Å². The third-order valence-electron chi connectivity index (χ3n) is 3.36. The molecule has 1 aromatic rings. The van der Waals surface area contributed by atoms with Crippen molar-refractivity contribution in [2.45, 2.75) is 39.2 Å². The van der Waals surface area contributed by atoms with E-state index in [4.69, 9.17) is 5.11 Å². The van der Waals surface area contributed by atoms with E-state index >= 15 is 0 Å². The van der Waals surface area contributed by atoms with Gasteiger partial charge in [-0.2, -0.15) is 0 Å². The first-order valence-electron chi connectivity index (χ1n) is 5.89. The van der Waals surface area contributed by atoms with Crippen LogP contribution in [0.2, 0.25) is 0 Å². The molecular formula is C13H18N2O2. The second-order valence-electron chi connectivity index (χ2n) is 5.26. The van der Waals surface area contributed by atoms with Crippen LogP contribution >= 0.6 is 0 Å². The number of carbonyl (C=O) groups is 1. The van der Waals surface area contributed by atoms with Crippen LogP contribution in [0, 0.1) is 12.8 Å². The van der Waals surface area contributed by atoms with Gasteiger partial charge >= 0.3 is 5.97 Å². The number of aryl methyl sites for hydroxylation is 1. The Kier molecular flexibility index (Phi) is 2.81. The minimum Gasteiger partial charge on any atom is -0.478 e. The number of pyridine rings is 1. The van der Waals surface area contributed by atoms with Crippen LogP contribution in [0.5, 0.6) is 0 Å². The van der Waals surface area contributed by atoms with Crippen molar-refractivity contribution in [3.63, 3.8) is 0 Å². The molecule has 1 heterocycles. The Hall–Kier alpha value is -1.58. The number of anilines is 1. The zero-order valence-electron chi connectivity index (χ0n) is 10.4. The average molecular weight is 234 g/mol. The molecular weight excluding hydrogens is 216 g/mol. The molecule has 0 unspecified atom stereocenters. The van der Waals surface area contributed by atoms with Crippen molar-refractivity contribution in [3.05, 3.63) is 23.4 Å². The number of carboxylic acid groups (broad SMARTS) is 1. The molecule has 2 rings (SSSR count). The maximum atomic E-state index is 10.9. The van der Waals surface area contributed by atoms with E-state index in [1.807, 2.05) is 0 Å². The molecule has 2 N–H and O–H groups in total. The average Bonchev–Trinajstić information content (AvgIpc) is 2.98. The van der Waals surface area contributed by atoms with Gasteiger partial charge in [-0.3, -0.25) is 0 Å². The van der Waals surface area contributed by atoms with Gasteiger partial charge < -0.3 is 10.4 Å². The van der Waals surface area contributed by atoms with Crippen LogP contribution < -0.4 is 5.32 Å². The normalized spacial score (nSPS) is 15.7. The van der Waals surface area contributed by atoms with Crippen LogP contribution in [-0.2, 0) is 0 Å². The first-order chi connectivity index (χ1) is 7.90. The smallest absolute Gasteiger partial charge is 0.337 e. The van der Waals surface area contributed by atoms with Gasteiger partial charge in [-0.25, -0.2) is 9.78 Å². The summed E-state index contributed by atoms with van der Waals surface area (Å²) < 4.78 is 0. The summed E-state index contributed by atoms with van der Waals surface area (Å²) in [6.45, 7) is 6.04. The van der Waals surface area contributed by atoms with Crippen molar-refractivity contribution in [2.24, 2.45) is 5.92 Å². The molecule has 0 spiro atoms. The maximum absolute atomic E-state index is 10.9. The van der Waals surface area contributed by atoms with Gasteiger partial charge in [0, 0.05) is 5.54 Å². The summed E-state index contributed by atoms with van der Waals surface area (Å²) in [5, 5.41) is 12.3. The van der Waals surface area contributed by atoms with E-state index in [2.05, 4.69) is 24.1 Å². The molecule has 0 aliphatic heterocycles. The summed E-state index contributed by atoms with van der Waals surface area (Å²) in [7, 11) is 0. The minimum absolute atomic E-state index is 0.0319. The molecule has 1 fully saturated rings. The molecule has 1 aliphatic carbocycles. The number of aromatic carboxylic acids is 1. The Labute approximate surface area is 101 Å². The van der Waals surface area contributed by atoms with E-state index in [9.17, 15) is 4.79 Å². The molecule has 4 heteroatoms. The van der Waals surface area contributed by atoms with Gasteiger partial charge in [0.05, 0.1) is 11.3 Å². The summed E-state index contributed by atoms with van der Waals surface area (Å²) in [4.78, 5) is 15.2. The van der Waals surface area contributed by atoms with Crippen LogP contribution in [0.1, 0.15) is 42.7 Å². The van der Waals surface area contributed by atoms with Crippen molar-refractivity contribution >= 4 is 11.8 Å². The molecule has 17 heavy (non-hydrogen) atoms. The van der Waals surface area contributed by atoms with E-state index in [-0.39, 0.29) is 11.1 Å². The first-order valence-corrected chi connectivity index (χ1v) is 5.89. The Balaban J connectivity index is 2.17. The highest BCUT2D eigenvalue weighted by Gasteiger charge is 2.37. The van der Waals surface area contributed by atoms with E-state index in [0.29, 0.717) is 11.6 Å². The second kappa shape index (κ2) is 4.02. The van der Waals surface area contributed by atoms with E-state index in [1.165, 1.54) is 12.8 Å². The van der Waals surface area contributed by atoms with E-state index < -0.39 is 5.97 Å². The largest absolute Gasteiger partial charge is 0.478 e. The van der Waals surface area contributed by atoms with Crippen LogP contribution in [-0.4, -0.2) is 21.6 Å². The van der Waals surface area contributed by atoms with Gasteiger partial charge in [-0.1, -0.05) is 0 Å². The van der Waals surface area contributed by atoms with Crippen molar-refractivity contribution in [1.82, 2.24) is 4.98 Å². The number of nitrogens with one attached hydrogen (secondary N) is 1. The van der Waals surface area contributed by atoms with Crippen LogP contribution in [0.4, 0.5) is 5.82 Å². The Morgan fingerprint density at radius 3 is 2.59 bits per heavy atom. The third kappa shape index (κ3) is 2.57. The Morgan fingerprint density at radius 2 is 2.12 bits per heavy atom. The fourth-order valence-corrected chi connectivity index (χ4v) is 2.09. The second-order valence-corrected chi connectivity index (χ2v) is 5.26. The fourth-order valence-electron chi connectivity index (χ4n) is 2.09. The van der Waals surface area contributed by atoms with Crippen molar-refractivity contribution in [1.29, 1.82) is 0 Å². The summed E-state index contributed by atoms with van der Waals surface area (Å²) >= 11 is 0. The lowest BCUT2D eigenvalue weighted by atomic mass is 9.99. The van der Waals surface area contributed by atoms with Crippen LogP contribution in [0.25, 0.3) is 0 Å². The van der Waals surface area contributed by atoms with Crippen LogP contribution in [0.15, 0.2) is 12.1 Å². The molecule has 0 radical (unpaired) electrons. The molecule has 92 valence electrons. The highest BCUT2D eigenvalue weighted by Crippen LogP contribution is 2.40. The Morgan fingerprint density at radius 1 is 1.47 bits per heavy atom. The molecule has 0 atom stereocenters. The summed E-state index contributed by atoms with van der Waals surface area (Å²) in [6.07, 6.45) is 2.51. The lowest BCUT2D eigenvalue weighted by molar-refractivity contribution is 0.0695. The molecule has 1 aliphatic rings. The van der Waals surface area contributed by atoms with E-state index in [1.54, 1.807) is 19.1 Å². The van der Waals surface area contributed by atoms with E-state index in [0.717, 1.165) is 5.82 Å². The monoisotopic (exact) mass is 234 g/mol. The topological polar surface area (TPSA) is 62.2 Å². The van der Waals surface area contributed by atoms with Gasteiger partial charge in [-0.15, -0.1) is 0 Å². The summed E-state index contributed by atoms with van der Waals surface area (Å²) in [6, 6.07) is 3.34. The fraction of sp³-hybridized carbons (Fsp3) is 0.538. The zero-order valence-corrected chi connectivity index (χ0v) is 10.4. The quantitative estimate of drug-likeness (QED) is 0.840. The Bertz CT molecular complexity index is 451. The highest BCUT2D eigenvalue weighted by molar-refractivity contribution is 5.89. The predicted octanol–water partition coefficient (Wildman–Crippen LogP) is 2.69. The maximum Gasteiger partial charge on any atom is 0.337 e.